The molecule has 0 spiro atoms. The van der Waals surface area contributed by atoms with Crippen LogP contribution in [0.15, 0.2) is 0 Å². The molecular formula is C16H36N2. The highest BCUT2D eigenvalue weighted by atomic mass is 15.1. The Kier molecular flexibility index (Phi) is 8.89. The van der Waals surface area contributed by atoms with Crippen molar-refractivity contribution in [1.29, 1.82) is 0 Å². The third-order valence-electron chi connectivity index (χ3n) is 4.33. The Morgan fingerprint density at radius 3 is 1.72 bits per heavy atom. The largest absolute Gasteiger partial charge is 0.309 e. The molecule has 3 atom stereocenters. The summed E-state index contributed by atoms with van der Waals surface area (Å²) in [6.45, 7) is 10.7. The predicted octanol–water partition coefficient (Wildman–Crippen LogP) is 3.58. The van der Waals surface area contributed by atoms with Crippen LogP contribution in [0.4, 0.5) is 0 Å². The standard InChI is InChI=1S/C16H36N2/c1-9-14(12-17(5)6)16(13(3)4)11-15(10-2)18(7)8/h13-16H,9-12H2,1-8H3. The van der Waals surface area contributed by atoms with Crippen LogP contribution in [0.2, 0.25) is 0 Å². The first-order valence-electron chi connectivity index (χ1n) is 7.64. The summed E-state index contributed by atoms with van der Waals surface area (Å²) in [6.07, 6.45) is 3.90. The number of rotatable bonds is 9. The number of nitrogens with zero attached hydrogens (tertiary/aromatic N) is 2. The van der Waals surface area contributed by atoms with Crippen molar-refractivity contribution in [2.45, 2.75) is 53.0 Å². The van der Waals surface area contributed by atoms with Crippen LogP contribution in [-0.4, -0.2) is 50.6 Å². The summed E-state index contributed by atoms with van der Waals surface area (Å²) < 4.78 is 0. The van der Waals surface area contributed by atoms with E-state index in [4.69, 9.17) is 0 Å². The average Bonchev–Trinajstić information content (AvgIpc) is 2.26. The van der Waals surface area contributed by atoms with Crippen molar-refractivity contribution in [3.05, 3.63) is 0 Å². The molecule has 0 aromatic carbocycles. The second-order valence-corrected chi connectivity index (χ2v) is 6.60. The van der Waals surface area contributed by atoms with Gasteiger partial charge in [0.05, 0.1) is 0 Å². The minimum Gasteiger partial charge on any atom is -0.309 e. The maximum absolute atomic E-state index is 2.40. The Labute approximate surface area is 116 Å². The summed E-state index contributed by atoms with van der Waals surface area (Å²) >= 11 is 0. The smallest absolute Gasteiger partial charge is 0.00893 e. The van der Waals surface area contributed by atoms with Crippen molar-refractivity contribution in [3.8, 4) is 0 Å². The van der Waals surface area contributed by atoms with Crippen molar-refractivity contribution in [2.24, 2.45) is 17.8 Å². The van der Waals surface area contributed by atoms with Gasteiger partial charge in [0, 0.05) is 12.6 Å². The Balaban J connectivity index is 4.71. The molecule has 0 aliphatic carbocycles. The Hall–Kier alpha value is -0.0800. The minimum absolute atomic E-state index is 0.730. The molecule has 0 N–H and O–H groups in total. The fourth-order valence-electron chi connectivity index (χ4n) is 3.10. The van der Waals surface area contributed by atoms with Gasteiger partial charge in [-0.3, -0.25) is 0 Å². The van der Waals surface area contributed by atoms with Gasteiger partial charge in [-0.25, -0.2) is 0 Å². The van der Waals surface area contributed by atoms with Crippen molar-refractivity contribution >= 4 is 0 Å². The van der Waals surface area contributed by atoms with Crippen LogP contribution in [-0.2, 0) is 0 Å². The minimum atomic E-state index is 0.730. The molecule has 18 heavy (non-hydrogen) atoms. The van der Waals surface area contributed by atoms with Crippen molar-refractivity contribution in [2.75, 3.05) is 34.7 Å². The zero-order valence-electron chi connectivity index (χ0n) is 14.0. The zero-order valence-corrected chi connectivity index (χ0v) is 14.0. The van der Waals surface area contributed by atoms with Crippen molar-refractivity contribution in [1.82, 2.24) is 9.80 Å². The molecule has 0 saturated heterocycles. The van der Waals surface area contributed by atoms with Gasteiger partial charge in [0.25, 0.3) is 0 Å². The summed E-state index contributed by atoms with van der Waals surface area (Å²) in [6, 6.07) is 0.730. The maximum atomic E-state index is 2.40. The highest BCUT2D eigenvalue weighted by molar-refractivity contribution is 4.79. The molecule has 0 aliphatic rings. The molecule has 2 nitrogen and oxygen atoms in total. The summed E-state index contributed by atoms with van der Waals surface area (Å²) in [7, 11) is 8.84. The molecule has 0 heterocycles. The van der Waals surface area contributed by atoms with E-state index >= 15 is 0 Å². The molecule has 0 rings (SSSR count). The monoisotopic (exact) mass is 256 g/mol. The lowest BCUT2D eigenvalue weighted by atomic mass is 9.77. The number of hydrogen-bond acceptors (Lipinski definition) is 2. The van der Waals surface area contributed by atoms with E-state index in [1.54, 1.807) is 0 Å². The summed E-state index contributed by atoms with van der Waals surface area (Å²) in [5.41, 5.74) is 0. The van der Waals surface area contributed by atoms with Gasteiger partial charge in [-0.1, -0.05) is 34.1 Å². The Bertz CT molecular complexity index is 199. The lowest BCUT2D eigenvalue weighted by Gasteiger charge is -2.36. The molecule has 0 amide bonds. The molecule has 0 aromatic rings. The van der Waals surface area contributed by atoms with Crippen LogP contribution in [0.5, 0.6) is 0 Å². The second kappa shape index (κ2) is 8.92. The molecule has 110 valence electrons. The van der Waals surface area contributed by atoms with Gasteiger partial charge >= 0.3 is 0 Å². The average molecular weight is 256 g/mol. The molecule has 0 radical (unpaired) electrons. The van der Waals surface area contributed by atoms with Gasteiger partial charge in [0.2, 0.25) is 0 Å². The fourth-order valence-corrected chi connectivity index (χ4v) is 3.10. The molecular weight excluding hydrogens is 220 g/mol. The highest BCUT2D eigenvalue weighted by Crippen LogP contribution is 2.30. The van der Waals surface area contributed by atoms with Crippen LogP contribution in [0, 0.1) is 17.8 Å². The van der Waals surface area contributed by atoms with E-state index in [1.807, 2.05) is 0 Å². The SMILES string of the molecule is CCC(CN(C)C)C(CC(CC)N(C)C)C(C)C. The molecule has 0 saturated carbocycles. The van der Waals surface area contributed by atoms with Crippen LogP contribution < -0.4 is 0 Å². The first-order chi connectivity index (χ1) is 8.33. The lowest BCUT2D eigenvalue weighted by Crippen LogP contribution is -2.36. The molecule has 0 aliphatic heterocycles. The lowest BCUT2D eigenvalue weighted by molar-refractivity contribution is 0.138. The van der Waals surface area contributed by atoms with Crippen molar-refractivity contribution in [3.63, 3.8) is 0 Å². The van der Waals surface area contributed by atoms with Gasteiger partial charge in [-0.15, -0.1) is 0 Å². The Morgan fingerprint density at radius 2 is 1.44 bits per heavy atom. The molecule has 0 aromatic heterocycles. The third kappa shape index (κ3) is 6.19. The van der Waals surface area contributed by atoms with E-state index in [-0.39, 0.29) is 0 Å². The van der Waals surface area contributed by atoms with Crippen LogP contribution in [0.1, 0.15) is 47.0 Å². The summed E-state index contributed by atoms with van der Waals surface area (Å²) in [4.78, 5) is 4.75. The van der Waals surface area contributed by atoms with E-state index in [0.717, 1.165) is 23.8 Å². The van der Waals surface area contributed by atoms with Gasteiger partial charge in [0.15, 0.2) is 0 Å². The van der Waals surface area contributed by atoms with Gasteiger partial charge in [0.1, 0.15) is 0 Å². The van der Waals surface area contributed by atoms with Crippen molar-refractivity contribution < 1.29 is 0 Å². The first kappa shape index (κ1) is 17.9. The molecule has 2 heteroatoms. The zero-order chi connectivity index (χ0) is 14.3. The molecule has 0 bridgehead atoms. The van der Waals surface area contributed by atoms with Gasteiger partial charge < -0.3 is 9.80 Å². The fraction of sp³-hybridized carbons (Fsp3) is 1.00. The Morgan fingerprint density at radius 1 is 0.889 bits per heavy atom. The van der Waals surface area contributed by atoms with E-state index < -0.39 is 0 Å². The predicted molar refractivity (Wildman–Crippen MR) is 83.0 cm³/mol. The van der Waals surface area contributed by atoms with E-state index in [1.165, 1.54) is 25.8 Å². The highest BCUT2D eigenvalue weighted by Gasteiger charge is 2.26. The van der Waals surface area contributed by atoms with E-state index in [0.29, 0.717) is 0 Å². The van der Waals surface area contributed by atoms with Crippen LogP contribution in [0.3, 0.4) is 0 Å². The van der Waals surface area contributed by atoms with E-state index in [9.17, 15) is 0 Å². The number of hydrogen-bond donors (Lipinski definition) is 0. The molecule has 3 unspecified atom stereocenters. The second-order valence-electron chi connectivity index (χ2n) is 6.60. The topological polar surface area (TPSA) is 6.48 Å². The third-order valence-corrected chi connectivity index (χ3v) is 4.33. The van der Waals surface area contributed by atoms with Gasteiger partial charge in [-0.2, -0.15) is 0 Å². The maximum Gasteiger partial charge on any atom is 0.00893 e. The van der Waals surface area contributed by atoms with Crippen LogP contribution in [0.25, 0.3) is 0 Å². The van der Waals surface area contributed by atoms with Gasteiger partial charge in [-0.05, 0) is 58.8 Å². The van der Waals surface area contributed by atoms with Crippen LogP contribution >= 0.6 is 0 Å². The molecule has 0 fully saturated rings. The first-order valence-corrected chi connectivity index (χ1v) is 7.64. The van der Waals surface area contributed by atoms with E-state index in [2.05, 4.69) is 65.7 Å². The normalized spacial score (nSPS) is 17.5. The summed E-state index contributed by atoms with van der Waals surface area (Å²) in [5.74, 6) is 2.45. The summed E-state index contributed by atoms with van der Waals surface area (Å²) in [5, 5.41) is 0. The quantitative estimate of drug-likeness (QED) is 0.622.